The number of nitrogens with zero attached hydrogens (tertiary/aromatic N) is 6. The number of fused-ring (bicyclic) bond motifs is 2. The maximum atomic E-state index is 12.1. The monoisotopic (exact) mass is 560 g/mol. The lowest BCUT2D eigenvalue weighted by Gasteiger charge is -2.20. The first kappa shape index (κ1) is 27.6. The van der Waals surface area contributed by atoms with Gasteiger partial charge >= 0.3 is 6.09 Å². The number of nitrogens with one attached hydrogen (secondary N) is 2. The molecule has 0 saturated carbocycles. The Morgan fingerprint density at radius 3 is 2.70 bits per heavy atom. The molecule has 2 N–H and O–H groups in total. The molecule has 1 atom stereocenters. The molecule has 5 aromatic rings. The molecule has 0 bridgehead atoms. The third-order valence-corrected chi connectivity index (χ3v) is 7.53. The summed E-state index contributed by atoms with van der Waals surface area (Å²) >= 11 is 1.69. The second-order valence-corrected chi connectivity index (χ2v) is 12.2. The third kappa shape index (κ3) is 6.25. The lowest BCUT2D eigenvalue weighted by atomic mass is 9.96. The minimum atomic E-state index is -0.515. The van der Waals surface area contributed by atoms with Gasteiger partial charge in [-0.1, -0.05) is 6.92 Å². The smallest absolute Gasteiger partial charge is 0.407 e. The zero-order chi connectivity index (χ0) is 28.4. The predicted molar refractivity (Wildman–Crippen MR) is 159 cm³/mol. The number of carbonyl (C=O) groups is 1. The minimum absolute atomic E-state index is 0.200. The maximum Gasteiger partial charge on any atom is 0.407 e. The van der Waals surface area contributed by atoms with Crippen LogP contribution in [0.25, 0.3) is 27.0 Å². The molecule has 210 valence electrons. The number of hydrogen-bond donors (Lipinski definition) is 2. The molecule has 0 aliphatic heterocycles. The fraction of sp³-hybridized carbons (Fsp3) is 0.414. The molecule has 5 rings (SSSR count). The van der Waals surface area contributed by atoms with Gasteiger partial charge in [0.2, 0.25) is 0 Å². The number of ether oxygens (including phenoxy) is 1. The first-order valence-electron chi connectivity index (χ1n) is 13.6. The maximum absolute atomic E-state index is 12.1. The average molecular weight is 561 g/mol. The zero-order valence-corrected chi connectivity index (χ0v) is 24.7. The summed E-state index contributed by atoms with van der Waals surface area (Å²) in [6, 6.07) is 8.31. The Morgan fingerprint density at radius 1 is 1.15 bits per heavy atom. The summed E-state index contributed by atoms with van der Waals surface area (Å²) in [4.78, 5) is 21.8. The highest BCUT2D eigenvalue weighted by atomic mass is 32.1. The number of aryl methyl sites for hydroxylation is 2. The van der Waals surface area contributed by atoms with Crippen molar-refractivity contribution in [1.29, 1.82) is 0 Å². The number of carbonyl (C=O) groups excluding carboxylic acids is 1. The van der Waals surface area contributed by atoms with Crippen LogP contribution in [0.4, 0.5) is 16.3 Å². The van der Waals surface area contributed by atoms with Crippen molar-refractivity contribution in [2.45, 2.75) is 65.4 Å². The number of thiazole rings is 1. The van der Waals surface area contributed by atoms with Crippen LogP contribution in [0.2, 0.25) is 0 Å². The van der Waals surface area contributed by atoms with Gasteiger partial charge < -0.3 is 15.4 Å². The molecule has 10 nitrogen and oxygen atoms in total. The second-order valence-electron chi connectivity index (χ2n) is 11.0. The number of benzene rings is 1. The first-order valence-corrected chi connectivity index (χ1v) is 14.4. The minimum Gasteiger partial charge on any atom is -0.444 e. The molecule has 4 aromatic heterocycles. The normalized spacial score (nSPS) is 12.7. The first-order chi connectivity index (χ1) is 19.1. The van der Waals surface area contributed by atoms with Crippen LogP contribution in [0.5, 0.6) is 0 Å². The van der Waals surface area contributed by atoms with Crippen LogP contribution in [0.3, 0.4) is 0 Å². The third-order valence-electron chi connectivity index (χ3n) is 6.58. The van der Waals surface area contributed by atoms with Gasteiger partial charge in [-0.3, -0.25) is 4.68 Å². The lowest BCUT2D eigenvalue weighted by molar-refractivity contribution is 0.0526. The van der Waals surface area contributed by atoms with Crippen molar-refractivity contribution in [2.75, 3.05) is 11.9 Å². The Labute approximate surface area is 237 Å². The van der Waals surface area contributed by atoms with Crippen LogP contribution in [0, 0.1) is 6.92 Å². The number of rotatable bonds is 9. The fourth-order valence-electron chi connectivity index (χ4n) is 4.73. The van der Waals surface area contributed by atoms with Crippen LogP contribution < -0.4 is 10.6 Å². The van der Waals surface area contributed by atoms with Gasteiger partial charge in [-0.05, 0) is 65.2 Å². The van der Waals surface area contributed by atoms with Crippen molar-refractivity contribution >= 4 is 44.8 Å². The van der Waals surface area contributed by atoms with Gasteiger partial charge in [0.15, 0.2) is 5.65 Å². The van der Waals surface area contributed by atoms with E-state index in [9.17, 15) is 4.79 Å². The molecule has 0 aliphatic carbocycles. The summed E-state index contributed by atoms with van der Waals surface area (Å²) in [6.07, 6.45) is 7.84. The van der Waals surface area contributed by atoms with E-state index in [0.29, 0.717) is 6.54 Å². The fourth-order valence-corrected chi connectivity index (χ4v) is 5.53. The van der Waals surface area contributed by atoms with E-state index in [1.807, 2.05) is 57.8 Å². The Balaban J connectivity index is 1.44. The molecule has 1 aromatic carbocycles. The van der Waals surface area contributed by atoms with E-state index in [0.717, 1.165) is 68.5 Å². The van der Waals surface area contributed by atoms with Crippen LogP contribution in [-0.2, 0) is 11.8 Å². The van der Waals surface area contributed by atoms with Crippen LogP contribution in [0.1, 0.15) is 63.6 Å². The summed E-state index contributed by atoms with van der Waals surface area (Å²) in [6.45, 7) is 10.3. The number of hydrogen-bond acceptors (Lipinski definition) is 8. The van der Waals surface area contributed by atoms with Gasteiger partial charge in [0.05, 0.1) is 27.6 Å². The molecule has 1 amide bonds. The number of aromatic nitrogens is 6. The van der Waals surface area contributed by atoms with E-state index in [1.165, 1.54) is 0 Å². The molecule has 0 spiro atoms. The van der Waals surface area contributed by atoms with Crippen LogP contribution in [0.15, 0.2) is 42.9 Å². The summed E-state index contributed by atoms with van der Waals surface area (Å²) < 4.78 is 10.1. The van der Waals surface area contributed by atoms with Gasteiger partial charge in [-0.15, -0.1) is 11.3 Å². The quantitative estimate of drug-likeness (QED) is 0.196. The van der Waals surface area contributed by atoms with Gasteiger partial charge in [0, 0.05) is 54.3 Å². The van der Waals surface area contributed by atoms with E-state index in [2.05, 4.69) is 51.9 Å². The highest BCUT2D eigenvalue weighted by Crippen LogP contribution is 2.32. The van der Waals surface area contributed by atoms with Crippen LogP contribution in [-0.4, -0.2) is 47.6 Å². The molecular formula is C29H36N8O2S. The molecule has 0 radical (unpaired) electrons. The van der Waals surface area contributed by atoms with Gasteiger partial charge in [-0.2, -0.15) is 14.7 Å². The van der Waals surface area contributed by atoms with E-state index in [1.54, 1.807) is 16.0 Å². The standard InChI is InChI=1S/C29H36N8O2S/c1-7-19(9-8-12-30-28(38)39-29(3,4)5)23-14-26(34-21-10-11-25-24(13-21)33-18(2)40-25)37-27(35-23)22(16-32-37)20-15-31-36(6)17-20/h10-11,13-17,19,34H,7-9,12H2,1-6H3,(H,30,38). The lowest BCUT2D eigenvalue weighted by Crippen LogP contribution is -2.33. The SMILES string of the molecule is CCC(CCCNC(=O)OC(C)(C)C)c1cc(Nc2ccc3sc(C)nc3c2)n2ncc(-c3cnn(C)c3)c2n1. The van der Waals surface area contributed by atoms with Crippen molar-refractivity contribution in [1.82, 2.24) is 34.7 Å². The zero-order valence-electron chi connectivity index (χ0n) is 23.9. The highest BCUT2D eigenvalue weighted by molar-refractivity contribution is 7.18. The predicted octanol–water partition coefficient (Wildman–Crippen LogP) is 6.59. The van der Waals surface area contributed by atoms with E-state index < -0.39 is 5.60 Å². The summed E-state index contributed by atoms with van der Waals surface area (Å²) in [5, 5.41) is 16.5. The van der Waals surface area contributed by atoms with Gasteiger partial charge in [-0.25, -0.2) is 14.8 Å². The van der Waals surface area contributed by atoms with Crippen molar-refractivity contribution in [3.05, 3.63) is 53.6 Å². The molecular weight excluding hydrogens is 524 g/mol. The second kappa shape index (κ2) is 11.2. The Bertz CT molecular complexity index is 1650. The average Bonchev–Trinajstić information content (AvgIpc) is 3.60. The summed E-state index contributed by atoms with van der Waals surface area (Å²) in [5.41, 5.74) is 5.02. The molecule has 0 saturated heterocycles. The highest BCUT2D eigenvalue weighted by Gasteiger charge is 2.20. The van der Waals surface area contributed by atoms with E-state index in [4.69, 9.17) is 14.8 Å². The van der Waals surface area contributed by atoms with Crippen molar-refractivity contribution < 1.29 is 9.53 Å². The van der Waals surface area contributed by atoms with E-state index >= 15 is 0 Å². The Morgan fingerprint density at radius 2 is 1.98 bits per heavy atom. The van der Waals surface area contributed by atoms with Crippen molar-refractivity contribution in [3.8, 4) is 11.1 Å². The summed E-state index contributed by atoms with van der Waals surface area (Å²) in [7, 11) is 1.90. The number of amides is 1. The Hall–Kier alpha value is -3.99. The summed E-state index contributed by atoms with van der Waals surface area (Å²) in [5.74, 6) is 1.03. The van der Waals surface area contributed by atoms with E-state index in [-0.39, 0.29) is 12.0 Å². The molecule has 0 aliphatic rings. The topological polar surface area (TPSA) is 111 Å². The van der Waals surface area contributed by atoms with Crippen LogP contribution >= 0.6 is 11.3 Å². The molecule has 40 heavy (non-hydrogen) atoms. The van der Waals surface area contributed by atoms with Gasteiger partial charge in [0.25, 0.3) is 0 Å². The largest absolute Gasteiger partial charge is 0.444 e. The van der Waals surface area contributed by atoms with Crippen molar-refractivity contribution in [3.63, 3.8) is 0 Å². The Kier molecular flexibility index (Phi) is 7.75. The molecule has 11 heteroatoms. The molecule has 1 unspecified atom stereocenters. The number of anilines is 2. The molecule has 4 heterocycles. The molecule has 0 fully saturated rings. The number of alkyl carbamates (subject to hydrolysis) is 1. The van der Waals surface area contributed by atoms with Crippen molar-refractivity contribution in [2.24, 2.45) is 7.05 Å². The van der Waals surface area contributed by atoms with Gasteiger partial charge in [0.1, 0.15) is 11.4 Å².